The Morgan fingerprint density at radius 2 is 2.19 bits per heavy atom. The van der Waals surface area contributed by atoms with E-state index in [1.54, 1.807) is 0 Å². The van der Waals surface area contributed by atoms with Crippen LogP contribution in [-0.2, 0) is 22.7 Å². The number of carboxylic acid groups (broad SMARTS) is 1. The maximum absolute atomic E-state index is 12.4. The number of carboxylic acids is 1. The van der Waals surface area contributed by atoms with Crippen molar-refractivity contribution < 1.29 is 25.0 Å². The molecular formula is C20H22N4O3+2. The van der Waals surface area contributed by atoms with Crippen molar-refractivity contribution >= 4 is 22.8 Å². The van der Waals surface area contributed by atoms with Crippen LogP contribution in [0.3, 0.4) is 0 Å². The molecule has 138 valence electrons. The van der Waals surface area contributed by atoms with Crippen LogP contribution in [-0.4, -0.2) is 27.6 Å². The van der Waals surface area contributed by atoms with Crippen LogP contribution in [0.15, 0.2) is 47.7 Å². The fourth-order valence-electron chi connectivity index (χ4n) is 3.69. The largest absolute Gasteiger partial charge is 0.477 e. The van der Waals surface area contributed by atoms with Gasteiger partial charge in [-0.25, -0.2) is 9.79 Å². The van der Waals surface area contributed by atoms with Crippen molar-refractivity contribution in [1.82, 2.24) is 4.57 Å². The molecule has 4 rings (SSSR count). The Morgan fingerprint density at radius 1 is 1.33 bits per heavy atom. The highest BCUT2D eigenvalue weighted by molar-refractivity contribution is 5.91. The Morgan fingerprint density at radius 3 is 3.00 bits per heavy atom. The third-order valence-corrected chi connectivity index (χ3v) is 5.07. The summed E-state index contributed by atoms with van der Waals surface area (Å²) in [4.78, 5) is 27.6. The molecule has 27 heavy (non-hydrogen) atoms. The zero-order valence-corrected chi connectivity index (χ0v) is 15.0. The molecule has 0 saturated heterocycles. The van der Waals surface area contributed by atoms with Gasteiger partial charge in [0.15, 0.2) is 18.8 Å². The topological polar surface area (TPSA) is 103 Å². The van der Waals surface area contributed by atoms with Crippen LogP contribution >= 0.6 is 0 Å². The minimum absolute atomic E-state index is 0.0711. The third-order valence-electron chi connectivity index (χ3n) is 5.07. The molecular weight excluding hydrogens is 344 g/mol. The van der Waals surface area contributed by atoms with Crippen molar-refractivity contribution in [3.63, 3.8) is 0 Å². The molecule has 1 amide bonds. The molecule has 7 nitrogen and oxygen atoms in total. The lowest BCUT2D eigenvalue weighted by atomic mass is 10.0. The first-order chi connectivity index (χ1) is 13.0. The van der Waals surface area contributed by atoms with Crippen LogP contribution in [0, 0.1) is 0 Å². The second-order valence-corrected chi connectivity index (χ2v) is 6.93. The van der Waals surface area contributed by atoms with Crippen LogP contribution in [0.25, 0.3) is 22.2 Å². The second-order valence-electron chi connectivity index (χ2n) is 6.93. The molecule has 0 spiro atoms. The molecule has 0 aromatic carbocycles. The summed E-state index contributed by atoms with van der Waals surface area (Å²) in [6.45, 7) is 1.86. The van der Waals surface area contributed by atoms with Gasteiger partial charge in [0, 0.05) is 43.6 Å². The van der Waals surface area contributed by atoms with Crippen molar-refractivity contribution in [2.24, 2.45) is 4.99 Å². The molecule has 2 aliphatic heterocycles. The summed E-state index contributed by atoms with van der Waals surface area (Å²) in [6.07, 6.45) is 5.45. The van der Waals surface area contributed by atoms with Gasteiger partial charge in [-0.15, -0.1) is 0 Å². The van der Waals surface area contributed by atoms with Gasteiger partial charge in [-0.2, -0.15) is 4.57 Å². The predicted octanol–water partition coefficient (Wildman–Crippen LogP) is 0.340. The molecule has 0 unspecified atom stereocenters. The van der Waals surface area contributed by atoms with E-state index in [-0.39, 0.29) is 18.7 Å². The number of hydrogen-bond donors (Lipinski definition) is 2. The van der Waals surface area contributed by atoms with Gasteiger partial charge in [-0.1, -0.05) is 0 Å². The number of aryl methyl sites for hydroxylation is 2. The van der Waals surface area contributed by atoms with Crippen LogP contribution in [0.5, 0.6) is 0 Å². The Kier molecular flexibility index (Phi) is 4.45. The molecule has 1 atom stereocenters. The summed E-state index contributed by atoms with van der Waals surface area (Å²) in [6, 6.07) is 9.16. The van der Waals surface area contributed by atoms with Gasteiger partial charge in [-0.3, -0.25) is 4.79 Å². The SMILES string of the molecule is [NH3+][C@@H](CCC(=O)N=c1cc2ccc[n+]3c2c2n(cccc1-2)CCC3)C(=O)O. The molecule has 0 radical (unpaired) electrons. The zero-order valence-electron chi connectivity index (χ0n) is 15.0. The monoisotopic (exact) mass is 366 g/mol. The standard InChI is InChI=1S/C20H20N4O3/c21-15(20(26)27)6-7-17(25)22-16-12-13-4-1-8-23-10-3-11-24-9-2-5-14(16)19(24)18(13)23/h1-2,4-5,8-9,12,15H,3,6-7,10-11,21H2/p+2/t15-/m0/s1. The summed E-state index contributed by atoms with van der Waals surface area (Å²) < 4.78 is 4.48. The van der Waals surface area contributed by atoms with E-state index in [4.69, 9.17) is 5.11 Å². The fourth-order valence-corrected chi connectivity index (χ4v) is 3.69. The van der Waals surface area contributed by atoms with Crippen molar-refractivity contribution in [2.75, 3.05) is 0 Å². The number of nitrogens with zero attached hydrogens (tertiary/aromatic N) is 3. The molecule has 1 aliphatic carbocycles. The predicted molar refractivity (Wildman–Crippen MR) is 97.5 cm³/mol. The molecule has 7 heteroatoms. The molecule has 0 saturated carbocycles. The summed E-state index contributed by atoms with van der Waals surface area (Å²) in [5, 5.41) is 10.6. The molecule has 1 aromatic heterocycles. The number of hydrogen-bond acceptors (Lipinski definition) is 2. The maximum atomic E-state index is 12.4. The van der Waals surface area contributed by atoms with Crippen molar-refractivity contribution in [1.29, 1.82) is 0 Å². The van der Waals surface area contributed by atoms with Gasteiger partial charge >= 0.3 is 5.97 Å². The number of benzene rings is 1. The van der Waals surface area contributed by atoms with Gasteiger partial charge in [0.05, 0.1) is 10.7 Å². The first-order valence-corrected chi connectivity index (χ1v) is 9.12. The number of aromatic nitrogens is 2. The van der Waals surface area contributed by atoms with Gasteiger partial charge in [-0.05, 0) is 24.3 Å². The Hall–Kier alpha value is -3.06. The van der Waals surface area contributed by atoms with E-state index in [1.807, 2.05) is 30.3 Å². The van der Waals surface area contributed by atoms with Crippen LogP contribution in [0.4, 0.5) is 0 Å². The van der Waals surface area contributed by atoms with Crippen molar-refractivity contribution in [2.45, 2.75) is 38.4 Å². The quantitative estimate of drug-likeness (QED) is 0.514. The third kappa shape index (κ3) is 3.21. The lowest BCUT2D eigenvalue weighted by Gasteiger charge is -2.13. The Bertz CT molecular complexity index is 1090. The van der Waals surface area contributed by atoms with Gasteiger partial charge in [0.1, 0.15) is 5.69 Å². The average molecular weight is 366 g/mol. The van der Waals surface area contributed by atoms with Gasteiger partial charge in [0.25, 0.3) is 0 Å². The van der Waals surface area contributed by atoms with Crippen LogP contribution in [0.2, 0.25) is 0 Å². The number of rotatable bonds is 4. The summed E-state index contributed by atoms with van der Waals surface area (Å²) in [7, 11) is 0. The molecule has 4 N–H and O–H groups in total. The molecule has 3 heterocycles. The van der Waals surface area contributed by atoms with E-state index < -0.39 is 12.0 Å². The average Bonchev–Trinajstić information content (AvgIpc) is 2.85. The number of quaternary nitrogens is 1. The number of amides is 1. The molecule has 3 aliphatic rings. The number of carbonyl (C=O) groups excluding carboxylic acids is 1. The van der Waals surface area contributed by atoms with Crippen molar-refractivity contribution in [3.8, 4) is 11.3 Å². The van der Waals surface area contributed by atoms with Crippen LogP contribution in [0.1, 0.15) is 19.3 Å². The number of carbonyl (C=O) groups is 2. The van der Waals surface area contributed by atoms with Crippen molar-refractivity contribution in [3.05, 3.63) is 48.1 Å². The Balaban J connectivity index is 1.84. The smallest absolute Gasteiger partial charge is 0.362 e. The first kappa shape index (κ1) is 17.4. The minimum atomic E-state index is -0.997. The highest BCUT2D eigenvalue weighted by Gasteiger charge is 2.24. The van der Waals surface area contributed by atoms with E-state index in [9.17, 15) is 9.59 Å². The van der Waals surface area contributed by atoms with E-state index in [0.717, 1.165) is 41.7 Å². The lowest BCUT2D eigenvalue weighted by molar-refractivity contribution is -0.671. The molecule has 0 fully saturated rings. The fraction of sp³-hybridized carbons (Fsp3) is 0.300. The highest BCUT2D eigenvalue weighted by Crippen LogP contribution is 2.27. The number of pyridine rings is 2. The lowest BCUT2D eigenvalue weighted by Crippen LogP contribution is -2.64. The normalized spacial score (nSPS) is 15.2. The summed E-state index contributed by atoms with van der Waals surface area (Å²) in [5.74, 6) is -1.32. The molecule has 1 aromatic rings. The van der Waals surface area contributed by atoms with Gasteiger partial charge in [0.2, 0.25) is 11.4 Å². The van der Waals surface area contributed by atoms with E-state index in [0.29, 0.717) is 5.36 Å². The maximum Gasteiger partial charge on any atom is 0.362 e. The molecule has 0 bridgehead atoms. The second kappa shape index (κ2) is 6.92. The minimum Gasteiger partial charge on any atom is -0.477 e. The highest BCUT2D eigenvalue weighted by atomic mass is 16.4. The zero-order chi connectivity index (χ0) is 19.0. The van der Waals surface area contributed by atoms with E-state index >= 15 is 0 Å². The summed E-state index contributed by atoms with van der Waals surface area (Å²) in [5.41, 5.74) is 6.72. The number of aliphatic carboxylic acids is 1. The first-order valence-electron chi connectivity index (χ1n) is 9.12. The van der Waals surface area contributed by atoms with Crippen LogP contribution < -0.4 is 15.7 Å². The summed E-state index contributed by atoms with van der Waals surface area (Å²) >= 11 is 0. The van der Waals surface area contributed by atoms with E-state index in [1.165, 1.54) is 0 Å². The Labute approximate surface area is 155 Å². The van der Waals surface area contributed by atoms with E-state index in [2.05, 4.69) is 32.3 Å². The van der Waals surface area contributed by atoms with Gasteiger partial charge < -0.3 is 15.4 Å².